The second-order valence-electron chi connectivity index (χ2n) is 12.7. The normalized spacial score (nSPS) is 11.4. The Labute approximate surface area is 303 Å². The summed E-state index contributed by atoms with van der Waals surface area (Å²) in [4.78, 5) is 15.0. The van der Waals surface area contributed by atoms with Crippen molar-refractivity contribution in [1.29, 1.82) is 5.26 Å². The number of rotatable bonds is 5. The van der Waals surface area contributed by atoms with E-state index in [4.69, 9.17) is 15.0 Å². The lowest BCUT2D eigenvalue weighted by Crippen LogP contribution is -2.02. The fraction of sp³-hybridized carbons (Fsp3) is 0. The maximum absolute atomic E-state index is 10.4. The van der Waals surface area contributed by atoms with E-state index in [1.54, 1.807) is 0 Å². The van der Waals surface area contributed by atoms with Gasteiger partial charge in [0.05, 0.1) is 28.4 Å². The monoisotopic (exact) mass is 681 g/mol. The number of fused-ring (bicyclic) bond motifs is 7. The van der Waals surface area contributed by atoms with Crippen LogP contribution in [0.1, 0.15) is 5.56 Å². The van der Waals surface area contributed by atoms with Gasteiger partial charge in [0.1, 0.15) is 0 Å². The third-order valence-electron chi connectivity index (χ3n) is 9.71. The first-order chi connectivity index (χ1) is 25.7. The zero-order valence-corrected chi connectivity index (χ0v) is 28.5. The van der Waals surface area contributed by atoms with Crippen molar-refractivity contribution in [3.63, 3.8) is 0 Å². The maximum Gasteiger partial charge on any atom is 0.164 e. The maximum atomic E-state index is 10.4. The van der Waals surface area contributed by atoms with Crippen molar-refractivity contribution in [2.75, 3.05) is 0 Å². The largest absolute Gasteiger partial charge is 0.308 e. The topological polar surface area (TPSA) is 67.4 Å². The molecule has 0 atom stereocenters. The Morgan fingerprint density at radius 2 is 1.10 bits per heavy atom. The fourth-order valence-corrected chi connectivity index (χ4v) is 8.46. The van der Waals surface area contributed by atoms with E-state index in [1.165, 1.54) is 30.9 Å². The van der Waals surface area contributed by atoms with Crippen molar-refractivity contribution in [2.24, 2.45) is 0 Å². The van der Waals surface area contributed by atoms with Crippen LogP contribution in [-0.4, -0.2) is 19.5 Å². The smallest absolute Gasteiger partial charge is 0.164 e. The molecule has 0 aliphatic carbocycles. The van der Waals surface area contributed by atoms with E-state index in [0.29, 0.717) is 23.0 Å². The van der Waals surface area contributed by atoms with Gasteiger partial charge in [-0.05, 0) is 42.5 Å². The van der Waals surface area contributed by atoms with Crippen LogP contribution in [0.25, 0.3) is 93.0 Å². The van der Waals surface area contributed by atoms with E-state index in [-0.39, 0.29) is 0 Å². The molecule has 242 valence electrons. The van der Waals surface area contributed by atoms with Gasteiger partial charge in [-0.2, -0.15) is 5.26 Å². The lowest BCUT2D eigenvalue weighted by Gasteiger charge is -2.17. The molecule has 0 amide bonds. The molecule has 0 saturated carbocycles. The summed E-state index contributed by atoms with van der Waals surface area (Å²) in [5.41, 5.74) is 8.22. The Kier molecular flexibility index (Phi) is 6.98. The van der Waals surface area contributed by atoms with Gasteiger partial charge in [-0.15, -0.1) is 11.3 Å². The zero-order valence-electron chi connectivity index (χ0n) is 27.7. The second kappa shape index (κ2) is 12.1. The molecule has 0 unspecified atom stereocenters. The van der Waals surface area contributed by atoms with E-state index < -0.39 is 0 Å². The summed E-state index contributed by atoms with van der Waals surface area (Å²) in [6.07, 6.45) is 0. The Balaban J connectivity index is 1.30. The summed E-state index contributed by atoms with van der Waals surface area (Å²) in [5.74, 6) is 1.76. The van der Waals surface area contributed by atoms with Gasteiger partial charge in [0.15, 0.2) is 17.5 Å². The standard InChI is InChI=1S/C46H27N5S/c47-28-32-17-7-8-18-33(32)37-27-31(46-49-44(29-13-3-1-4-14-29)48-45(50-46)30-15-5-2-6-16-30)23-25-39(37)51-38-21-11-9-19-34(38)35-24-26-41-42(43(35)51)36-20-10-12-22-40(36)52-41/h1-27H. The predicted molar refractivity (Wildman–Crippen MR) is 214 cm³/mol. The Morgan fingerprint density at radius 1 is 0.481 bits per heavy atom. The average molecular weight is 682 g/mol. The first-order valence-corrected chi connectivity index (χ1v) is 17.9. The first-order valence-electron chi connectivity index (χ1n) is 17.1. The van der Waals surface area contributed by atoms with Crippen LogP contribution in [0.15, 0.2) is 164 Å². The molecule has 0 N–H and O–H groups in total. The number of nitriles is 1. The summed E-state index contributed by atoms with van der Waals surface area (Å²) >= 11 is 1.82. The van der Waals surface area contributed by atoms with Crippen LogP contribution in [0.3, 0.4) is 0 Å². The Morgan fingerprint density at radius 3 is 1.83 bits per heavy atom. The molecule has 0 radical (unpaired) electrons. The lowest BCUT2D eigenvalue weighted by molar-refractivity contribution is 1.07. The van der Waals surface area contributed by atoms with Crippen LogP contribution in [-0.2, 0) is 0 Å². The van der Waals surface area contributed by atoms with E-state index in [0.717, 1.165) is 44.5 Å². The molecular formula is C46H27N5S. The molecule has 3 heterocycles. The van der Waals surface area contributed by atoms with Crippen molar-refractivity contribution in [3.8, 4) is 57.0 Å². The third-order valence-corrected chi connectivity index (χ3v) is 10.8. The minimum atomic E-state index is 0.559. The van der Waals surface area contributed by atoms with Crippen molar-refractivity contribution in [3.05, 3.63) is 169 Å². The minimum absolute atomic E-state index is 0.559. The molecule has 6 heteroatoms. The van der Waals surface area contributed by atoms with Crippen molar-refractivity contribution < 1.29 is 0 Å². The molecule has 52 heavy (non-hydrogen) atoms. The predicted octanol–water partition coefficient (Wildman–Crippen LogP) is 11.9. The van der Waals surface area contributed by atoms with Crippen molar-refractivity contribution in [2.45, 2.75) is 0 Å². The van der Waals surface area contributed by atoms with Gasteiger partial charge in [0, 0.05) is 58.8 Å². The van der Waals surface area contributed by atoms with Crippen LogP contribution in [0.5, 0.6) is 0 Å². The number of hydrogen-bond acceptors (Lipinski definition) is 5. The van der Waals surface area contributed by atoms with Crippen LogP contribution < -0.4 is 0 Å². The van der Waals surface area contributed by atoms with Gasteiger partial charge in [0.25, 0.3) is 0 Å². The minimum Gasteiger partial charge on any atom is -0.308 e. The fourth-order valence-electron chi connectivity index (χ4n) is 7.35. The van der Waals surface area contributed by atoms with Gasteiger partial charge in [0.2, 0.25) is 0 Å². The van der Waals surface area contributed by atoms with Crippen LogP contribution in [0.2, 0.25) is 0 Å². The summed E-state index contributed by atoms with van der Waals surface area (Å²) in [5, 5.41) is 15.2. The number of benzene rings is 7. The highest BCUT2D eigenvalue weighted by molar-refractivity contribution is 7.26. The number of aromatic nitrogens is 4. The number of hydrogen-bond donors (Lipinski definition) is 0. The SMILES string of the molecule is N#Cc1ccccc1-c1cc(-c2nc(-c3ccccc3)nc(-c3ccccc3)n2)ccc1-n1c2ccccc2c2ccc3sc4ccccc4c3c21. The van der Waals surface area contributed by atoms with Gasteiger partial charge >= 0.3 is 0 Å². The third kappa shape index (κ3) is 4.79. The highest BCUT2D eigenvalue weighted by Crippen LogP contribution is 2.45. The molecule has 0 saturated heterocycles. The highest BCUT2D eigenvalue weighted by atomic mass is 32.1. The molecule has 0 fully saturated rings. The summed E-state index contributed by atoms with van der Waals surface area (Å²) in [6, 6.07) is 58.4. The molecule has 10 aromatic rings. The second-order valence-corrected chi connectivity index (χ2v) is 13.8. The summed E-state index contributed by atoms with van der Waals surface area (Å²) in [6.45, 7) is 0. The van der Waals surface area contributed by atoms with Crippen LogP contribution in [0.4, 0.5) is 0 Å². The summed E-state index contributed by atoms with van der Waals surface area (Å²) in [7, 11) is 0. The van der Waals surface area contributed by atoms with Crippen molar-refractivity contribution >= 4 is 53.3 Å². The average Bonchev–Trinajstić information content (AvgIpc) is 3.77. The number of para-hydroxylation sites is 1. The number of nitrogens with zero attached hydrogens (tertiary/aromatic N) is 5. The molecule has 0 bridgehead atoms. The van der Waals surface area contributed by atoms with Gasteiger partial charge in [-0.3, -0.25) is 0 Å². The van der Waals surface area contributed by atoms with Gasteiger partial charge < -0.3 is 4.57 Å². The Hall–Kier alpha value is -6.94. The molecule has 5 nitrogen and oxygen atoms in total. The van der Waals surface area contributed by atoms with E-state index in [1.807, 2.05) is 96.3 Å². The van der Waals surface area contributed by atoms with Gasteiger partial charge in [-0.1, -0.05) is 121 Å². The van der Waals surface area contributed by atoms with Gasteiger partial charge in [-0.25, -0.2) is 15.0 Å². The molecule has 0 aliphatic heterocycles. The molecular weight excluding hydrogens is 655 g/mol. The molecule has 7 aromatic carbocycles. The number of thiophene rings is 1. The zero-order chi connectivity index (χ0) is 34.6. The van der Waals surface area contributed by atoms with Crippen molar-refractivity contribution in [1.82, 2.24) is 19.5 Å². The first kappa shape index (κ1) is 29.9. The highest BCUT2D eigenvalue weighted by Gasteiger charge is 2.22. The summed E-state index contributed by atoms with van der Waals surface area (Å²) < 4.78 is 4.88. The molecule has 3 aromatic heterocycles. The van der Waals surface area contributed by atoms with Crippen LogP contribution in [0, 0.1) is 11.3 Å². The molecule has 0 aliphatic rings. The quantitative estimate of drug-likeness (QED) is 0.181. The van der Waals surface area contributed by atoms with E-state index in [2.05, 4.69) is 89.5 Å². The molecule has 0 spiro atoms. The van der Waals surface area contributed by atoms with E-state index in [9.17, 15) is 5.26 Å². The lowest BCUT2D eigenvalue weighted by atomic mass is 9.96. The Bertz CT molecular complexity index is 2970. The molecule has 10 rings (SSSR count). The van der Waals surface area contributed by atoms with Crippen LogP contribution >= 0.6 is 11.3 Å². The van der Waals surface area contributed by atoms with E-state index >= 15 is 0 Å².